The molecule has 1 amide bonds. The molecule has 16 unspecified atom stereocenters. The van der Waals surface area contributed by atoms with E-state index < -0.39 is 0 Å². The third-order valence-corrected chi connectivity index (χ3v) is 12.7. The van der Waals surface area contributed by atoms with Crippen molar-refractivity contribution in [2.75, 3.05) is 0 Å². The van der Waals surface area contributed by atoms with Crippen LogP contribution < -0.4 is 11.3 Å². The topological polar surface area (TPSA) is 55.1 Å². The number of nitrogens with one attached hydrogen (secondary N) is 1. The molecule has 0 aliphatic heterocycles. The number of amides is 1. The van der Waals surface area contributed by atoms with Crippen molar-refractivity contribution >= 4 is 43.8 Å². The lowest BCUT2D eigenvalue weighted by Gasteiger charge is -2.46. The zero-order chi connectivity index (χ0) is 44.2. The predicted octanol–water partition coefficient (Wildman–Crippen LogP) is 14.2. The molecule has 3 saturated carbocycles. The van der Waals surface area contributed by atoms with Crippen molar-refractivity contribution in [2.24, 2.45) is 94.1 Å². The Morgan fingerprint density at radius 1 is 0.536 bits per heavy atom. The van der Waals surface area contributed by atoms with E-state index in [1.165, 1.54) is 0 Å². The van der Waals surface area contributed by atoms with Crippen molar-refractivity contribution in [2.45, 2.75) is 120 Å². The lowest BCUT2D eigenvalue weighted by Crippen LogP contribution is -2.41. The van der Waals surface area contributed by atoms with Crippen LogP contribution in [0.1, 0.15) is 104 Å². The van der Waals surface area contributed by atoms with Gasteiger partial charge >= 0.3 is 0 Å². The van der Waals surface area contributed by atoms with Crippen LogP contribution in [0.4, 0.5) is 0 Å². The number of hydrogen-bond donors (Lipinski definition) is 5. The third kappa shape index (κ3) is 20.4. The molecule has 0 bridgehead atoms. The van der Waals surface area contributed by atoms with Crippen molar-refractivity contribution in [3.8, 4) is 0 Å². The maximum Gasteiger partial charge on any atom is 0.239 e. The minimum atomic E-state index is -0.366. The van der Waals surface area contributed by atoms with Crippen molar-refractivity contribution in [3.05, 3.63) is 101 Å². The van der Waals surface area contributed by atoms with Gasteiger partial charge in [-0.2, -0.15) is 37.9 Å². The van der Waals surface area contributed by atoms with Gasteiger partial charge in [0.05, 0.1) is 0 Å². The first-order valence-corrected chi connectivity index (χ1v) is 21.8. The van der Waals surface area contributed by atoms with E-state index in [0.717, 1.165) is 35.5 Å². The Labute approximate surface area is 367 Å². The van der Waals surface area contributed by atoms with E-state index in [2.05, 4.69) is 209 Å². The summed E-state index contributed by atoms with van der Waals surface area (Å²) in [5, 5.41) is 0.611. The minimum absolute atomic E-state index is 0. The van der Waals surface area contributed by atoms with Crippen LogP contribution in [0, 0.1) is 88.3 Å². The fraction of sp³-hybridized carbons (Fsp3) is 0.660. The highest BCUT2D eigenvalue weighted by Gasteiger charge is 2.42. The molecule has 6 heteroatoms. The summed E-state index contributed by atoms with van der Waals surface area (Å²) in [5.41, 5.74) is 1.70. The summed E-state index contributed by atoms with van der Waals surface area (Å²) in [5.74, 6) is 14.4. The van der Waals surface area contributed by atoms with E-state index in [1.54, 1.807) is 20.8 Å². The number of thiol groups is 3. The van der Waals surface area contributed by atoms with Crippen LogP contribution in [0.15, 0.2) is 101 Å². The predicted molar refractivity (Wildman–Crippen MR) is 269 cm³/mol. The van der Waals surface area contributed by atoms with Gasteiger partial charge in [0.1, 0.15) is 0 Å². The first-order valence-electron chi connectivity index (χ1n) is 20.3. The van der Waals surface area contributed by atoms with Crippen LogP contribution in [-0.4, -0.2) is 21.2 Å². The van der Waals surface area contributed by atoms with Crippen LogP contribution in [0.2, 0.25) is 0 Å². The zero-order valence-corrected chi connectivity index (χ0v) is 40.5. The minimum Gasteiger partial charge on any atom is -0.294 e. The normalized spacial score (nSPS) is 31.6. The number of allylic oxidation sites excluding steroid dienone is 8. The second kappa shape index (κ2) is 29.6. The molecule has 56 heavy (non-hydrogen) atoms. The molecule has 3 aliphatic rings. The Balaban J connectivity index is -0.000000293. The molecule has 3 fully saturated rings. The maximum atomic E-state index is 10.6. The van der Waals surface area contributed by atoms with Crippen LogP contribution in [0.25, 0.3) is 0 Å². The lowest BCUT2D eigenvalue weighted by molar-refractivity contribution is -0.128. The molecule has 0 radical (unpaired) electrons. The number of carbonyl (C=O) groups excluding carboxylic acids is 1. The Bertz CT molecular complexity index is 1010. The average Bonchev–Trinajstić information content (AvgIpc) is 3.11. The van der Waals surface area contributed by atoms with E-state index in [-0.39, 0.29) is 23.5 Å². The monoisotopic (exact) mass is 833 g/mol. The molecule has 326 valence electrons. The number of hydrazine groups is 1. The molecule has 3 nitrogen and oxygen atoms in total. The molecule has 0 aromatic rings. The van der Waals surface area contributed by atoms with E-state index in [4.69, 9.17) is 5.84 Å². The fourth-order valence-corrected chi connectivity index (χ4v) is 8.21. The van der Waals surface area contributed by atoms with Crippen LogP contribution in [0.5, 0.6) is 0 Å². The molecule has 0 saturated heterocycles. The van der Waals surface area contributed by atoms with Gasteiger partial charge in [-0.1, -0.05) is 153 Å². The molecule has 0 aromatic carbocycles. The van der Waals surface area contributed by atoms with Crippen LogP contribution in [-0.2, 0) is 4.79 Å². The summed E-state index contributed by atoms with van der Waals surface area (Å²) in [7, 11) is 0. The molecular weight excluding hydrogens is 741 g/mol. The first-order chi connectivity index (χ1) is 25.2. The summed E-state index contributed by atoms with van der Waals surface area (Å²) < 4.78 is 0.194. The Morgan fingerprint density at radius 3 is 0.750 bits per heavy atom. The van der Waals surface area contributed by atoms with E-state index in [9.17, 15) is 4.79 Å². The lowest BCUT2D eigenvalue weighted by atomic mass is 9.58. The number of rotatable bonds is 11. The Morgan fingerprint density at radius 2 is 0.696 bits per heavy atom. The van der Waals surface area contributed by atoms with Gasteiger partial charge in [0, 0.05) is 20.7 Å². The van der Waals surface area contributed by atoms with Crippen LogP contribution in [0.3, 0.4) is 0 Å². The molecule has 16 atom stereocenters. The van der Waals surface area contributed by atoms with Gasteiger partial charge in [-0.15, -0.1) is 52.6 Å². The van der Waals surface area contributed by atoms with Gasteiger partial charge in [-0.05, 0) is 82.9 Å². The zero-order valence-electron chi connectivity index (χ0n) is 37.8. The molecule has 3 aliphatic carbocycles. The van der Waals surface area contributed by atoms with Gasteiger partial charge < -0.3 is 0 Å². The molecule has 0 heterocycles. The smallest absolute Gasteiger partial charge is 0.239 e. The van der Waals surface area contributed by atoms with Crippen molar-refractivity contribution < 1.29 is 4.79 Å². The maximum absolute atomic E-state index is 10.6. The van der Waals surface area contributed by atoms with Crippen LogP contribution >= 0.6 is 37.9 Å². The van der Waals surface area contributed by atoms with E-state index in [1.807, 2.05) is 12.2 Å². The van der Waals surface area contributed by atoms with Crippen molar-refractivity contribution in [1.29, 1.82) is 0 Å². The largest absolute Gasteiger partial charge is 0.294 e. The highest BCUT2D eigenvalue weighted by atomic mass is 32.1. The molecule has 0 spiro atoms. The molecular formula is C50H92N2OS3. The molecule has 3 rings (SSSR count). The highest BCUT2D eigenvalue weighted by molar-refractivity contribution is 7.81. The molecule has 0 aromatic heterocycles. The van der Waals surface area contributed by atoms with Crippen molar-refractivity contribution in [3.63, 3.8) is 0 Å². The molecule has 3 N–H and O–H groups in total. The third-order valence-electron chi connectivity index (χ3n) is 12.0. The van der Waals surface area contributed by atoms with Crippen molar-refractivity contribution in [1.82, 2.24) is 5.43 Å². The van der Waals surface area contributed by atoms with Gasteiger partial charge in [0.15, 0.2) is 0 Å². The van der Waals surface area contributed by atoms with Gasteiger partial charge in [-0.3, -0.25) is 10.2 Å². The van der Waals surface area contributed by atoms with Gasteiger partial charge in [0.25, 0.3) is 0 Å². The summed E-state index contributed by atoms with van der Waals surface area (Å²) >= 11 is 12.9. The quantitative estimate of drug-likeness (QED) is 0.0474. The average molecular weight is 834 g/mol. The summed E-state index contributed by atoms with van der Waals surface area (Å²) in [6.07, 6.45) is 16.3. The summed E-state index contributed by atoms with van der Waals surface area (Å²) in [4.78, 5) is 10.6. The number of carbonyl (C=O) groups is 1. The standard InChI is InChI=1S/C10H18S2.3C10H16.C5H12N2O.C4H10S.CH4/c1-5-9(7(3)11)10(6-2)8(4)12;3*1-5-9-7(3)8(4)10(9)6-2;1-5(2,3)4(8)7-6;1-4(2,3)5;/h5-12H,1-2H2,3-4H3;3*5-10H,1-2H2,3-4H3;6H2,1-3H3,(H,7,8);5H,1-3H3;1H4. The van der Waals surface area contributed by atoms with E-state index in [0.29, 0.717) is 57.8 Å². The Kier molecular flexibility index (Phi) is 32.3. The number of nitrogens with two attached hydrogens (primary N) is 1. The summed E-state index contributed by atoms with van der Waals surface area (Å²) in [6.45, 7) is 59.9. The van der Waals surface area contributed by atoms with Gasteiger partial charge in [0.2, 0.25) is 5.91 Å². The fourth-order valence-electron chi connectivity index (χ4n) is 7.57. The number of hydrogen-bond acceptors (Lipinski definition) is 5. The highest BCUT2D eigenvalue weighted by Crippen LogP contribution is 2.48. The Hall–Kier alpha value is -1.60. The van der Waals surface area contributed by atoms with Gasteiger partial charge in [-0.25, -0.2) is 5.84 Å². The SMILES string of the molecule is C.C=CC(C(C)S)C(C=C)C(C)S.C=CC1C(C)C(C)C1C=C.C=CC1C(C)C(C)C1C=C.C=CC1C(C)C(C)C1C=C.CC(C)(C)C(=O)NN.CC(C)(C)S. The first kappa shape index (κ1) is 61.1. The second-order valence-electron chi connectivity index (χ2n) is 18.0. The second-order valence-corrected chi connectivity index (χ2v) is 21.0. The summed E-state index contributed by atoms with van der Waals surface area (Å²) in [6, 6.07) is 0. The van der Waals surface area contributed by atoms with E-state index >= 15 is 0 Å².